The van der Waals surface area contributed by atoms with Crippen LogP contribution in [-0.4, -0.2) is 38.8 Å². The van der Waals surface area contributed by atoms with Crippen molar-refractivity contribution < 1.29 is 17.9 Å². The molecule has 0 aliphatic carbocycles. The maximum atomic E-state index is 14.1. The van der Waals surface area contributed by atoms with E-state index in [0.717, 1.165) is 30.0 Å². The highest BCUT2D eigenvalue weighted by molar-refractivity contribution is 6.33. The molecule has 214 valence electrons. The van der Waals surface area contributed by atoms with Gasteiger partial charge in [0.1, 0.15) is 5.65 Å². The molecule has 5 aromatic rings. The Kier molecular flexibility index (Phi) is 7.66. The zero-order chi connectivity index (χ0) is 29.3. The number of fused-ring (bicyclic) bond motifs is 1. The third-order valence-electron chi connectivity index (χ3n) is 7.29. The highest BCUT2D eigenvalue weighted by atomic mass is 35.5. The molecule has 1 aliphatic heterocycles. The highest BCUT2D eigenvalue weighted by Gasteiger charge is 2.33. The van der Waals surface area contributed by atoms with E-state index in [2.05, 4.69) is 20.3 Å². The molecule has 0 spiro atoms. The lowest BCUT2D eigenvalue weighted by Gasteiger charge is -2.23. The number of halogens is 4. The van der Waals surface area contributed by atoms with Crippen molar-refractivity contribution in [2.45, 2.75) is 31.6 Å². The van der Waals surface area contributed by atoms with Crippen LogP contribution in [0.3, 0.4) is 0 Å². The van der Waals surface area contributed by atoms with Crippen molar-refractivity contribution in [3.05, 3.63) is 106 Å². The molecule has 7 nitrogen and oxygen atoms in total. The fraction of sp³-hybridized carbons (Fsp3) is 0.226. The number of benzene rings is 2. The number of pyridine rings is 2. The van der Waals surface area contributed by atoms with Gasteiger partial charge in [0.2, 0.25) is 5.95 Å². The molecule has 3 aromatic heterocycles. The van der Waals surface area contributed by atoms with Crippen molar-refractivity contribution in [1.82, 2.24) is 19.5 Å². The van der Waals surface area contributed by atoms with Gasteiger partial charge >= 0.3 is 6.18 Å². The number of aromatic nitrogens is 4. The Morgan fingerprint density at radius 1 is 0.976 bits per heavy atom. The Morgan fingerprint density at radius 2 is 1.79 bits per heavy atom. The minimum absolute atomic E-state index is 0.0545. The molecule has 0 atom stereocenters. The molecule has 6 rings (SSSR count). The van der Waals surface area contributed by atoms with Gasteiger partial charge < -0.3 is 10.1 Å². The Labute approximate surface area is 244 Å². The van der Waals surface area contributed by atoms with Gasteiger partial charge in [-0.05, 0) is 48.2 Å². The van der Waals surface area contributed by atoms with Gasteiger partial charge in [-0.2, -0.15) is 18.2 Å². The predicted molar refractivity (Wildman–Crippen MR) is 155 cm³/mol. The summed E-state index contributed by atoms with van der Waals surface area (Å²) < 4.78 is 48.4. The molecule has 42 heavy (non-hydrogen) atoms. The first-order valence-corrected chi connectivity index (χ1v) is 13.8. The van der Waals surface area contributed by atoms with E-state index in [1.54, 1.807) is 36.8 Å². The number of nitrogens with zero attached hydrogens (tertiary/aromatic N) is 4. The van der Waals surface area contributed by atoms with Crippen LogP contribution in [0, 0.1) is 0 Å². The fourth-order valence-electron chi connectivity index (χ4n) is 5.14. The number of anilines is 1. The van der Waals surface area contributed by atoms with Crippen molar-refractivity contribution in [2.24, 2.45) is 0 Å². The molecule has 11 heteroatoms. The average Bonchev–Trinajstić information content (AvgIpc) is 2.99. The minimum atomic E-state index is -4.59. The van der Waals surface area contributed by atoms with E-state index in [4.69, 9.17) is 16.3 Å². The Bertz CT molecular complexity index is 1810. The van der Waals surface area contributed by atoms with E-state index in [-0.39, 0.29) is 29.4 Å². The van der Waals surface area contributed by atoms with Gasteiger partial charge in [0.05, 0.1) is 12.1 Å². The molecule has 1 N–H and O–H groups in total. The normalized spacial score (nSPS) is 14.3. The molecule has 0 amide bonds. The monoisotopic (exact) mass is 591 g/mol. The number of ether oxygens (including phenoxy) is 1. The van der Waals surface area contributed by atoms with Gasteiger partial charge in [-0.15, -0.1) is 0 Å². The molecular formula is C31H25ClF3N5O2. The lowest BCUT2D eigenvalue weighted by Crippen LogP contribution is -2.29. The second kappa shape index (κ2) is 11.5. The van der Waals surface area contributed by atoms with Crippen LogP contribution in [0.15, 0.2) is 84.0 Å². The summed E-state index contributed by atoms with van der Waals surface area (Å²) in [5.41, 5.74) is 1.15. The maximum Gasteiger partial charge on any atom is 0.416 e. The summed E-state index contributed by atoms with van der Waals surface area (Å²) in [6.45, 7) is 0.861. The van der Waals surface area contributed by atoms with Crippen molar-refractivity contribution in [2.75, 3.05) is 18.5 Å². The number of nitrogens with one attached hydrogen (secondary N) is 1. The van der Waals surface area contributed by atoms with Crippen molar-refractivity contribution in [3.63, 3.8) is 0 Å². The van der Waals surface area contributed by atoms with Gasteiger partial charge in [-0.3, -0.25) is 14.3 Å². The van der Waals surface area contributed by atoms with Crippen LogP contribution >= 0.6 is 11.6 Å². The number of hydrogen-bond donors (Lipinski definition) is 1. The van der Waals surface area contributed by atoms with E-state index in [9.17, 15) is 18.0 Å². The molecule has 1 fully saturated rings. The second-order valence-electron chi connectivity index (χ2n) is 10.0. The van der Waals surface area contributed by atoms with Gasteiger partial charge in [0.25, 0.3) is 5.56 Å². The Morgan fingerprint density at radius 3 is 2.52 bits per heavy atom. The van der Waals surface area contributed by atoms with Gasteiger partial charge in [0, 0.05) is 64.9 Å². The third kappa shape index (κ3) is 5.73. The van der Waals surface area contributed by atoms with E-state index in [1.165, 1.54) is 22.8 Å². The Hall–Kier alpha value is -4.28. The summed E-state index contributed by atoms with van der Waals surface area (Å²) in [5, 5.41) is 4.07. The summed E-state index contributed by atoms with van der Waals surface area (Å²) in [5.74, 6) is 0.290. The van der Waals surface area contributed by atoms with Crippen molar-refractivity contribution in [3.8, 4) is 22.3 Å². The van der Waals surface area contributed by atoms with Crippen LogP contribution in [0.2, 0.25) is 5.02 Å². The first-order chi connectivity index (χ1) is 20.3. The minimum Gasteiger partial charge on any atom is -0.381 e. The highest BCUT2D eigenvalue weighted by Crippen LogP contribution is 2.34. The largest absolute Gasteiger partial charge is 0.416 e. The molecule has 0 unspecified atom stereocenters. The van der Waals surface area contributed by atoms with Crippen LogP contribution in [0.25, 0.3) is 33.3 Å². The molecule has 0 saturated carbocycles. The van der Waals surface area contributed by atoms with Crippen molar-refractivity contribution in [1.29, 1.82) is 0 Å². The number of alkyl halides is 3. The lowest BCUT2D eigenvalue weighted by molar-refractivity contribution is -0.138. The smallest absolute Gasteiger partial charge is 0.381 e. The van der Waals surface area contributed by atoms with Gasteiger partial charge in [-0.25, -0.2) is 4.98 Å². The molecule has 0 radical (unpaired) electrons. The van der Waals surface area contributed by atoms with E-state index in [0.29, 0.717) is 35.1 Å². The average molecular weight is 592 g/mol. The van der Waals surface area contributed by atoms with Crippen LogP contribution in [0.1, 0.15) is 24.0 Å². The predicted octanol–water partition coefficient (Wildman–Crippen LogP) is 6.83. The number of hydrogen-bond acceptors (Lipinski definition) is 6. The van der Waals surface area contributed by atoms with Gasteiger partial charge in [-0.1, -0.05) is 48.0 Å². The topological polar surface area (TPSA) is 81.9 Å². The van der Waals surface area contributed by atoms with E-state index in [1.807, 2.05) is 18.2 Å². The molecule has 1 aliphatic rings. The molecule has 4 heterocycles. The zero-order valence-corrected chi connectivity index (χ0v) is 23.0. The van der Waals surface area contributed by atoms with Crippen LogP contribution in [0.4, 0.5) is 19.1 Å². The van der Waals surface area contributed by atoms with Crippen LogP contribution < -0.4 is 10.9 Å². The second-order valence-corrected chi connectivity index (χ2v) is 10.5. The first kappa shape index (κ1) is 27.9. The summed E-state index contributed by atoms with van der Waals surface area (Å²) in [4.78, 5) is 27.3. The first-order valence-electron chi connectivity index (χ1n) is 13.4. The summed E-state index contributed by atoms with van der Waals surface area (Å²) in [7, 11) is 0. The standard InChI is InChI=1S/C31H25ClF3N5O2/c32-27-15-19(20-5-3-11-36-16-20)7-8-24(27)25-14-22-17-37-30(38-23-9-12-42-13-10-23)39-28(22)40(29(25)41)18-21-4-1-2-6-26(21)31(33,34)35/h1-8,11,14-17,23H,9-10,12-13,18H2,(H,37,38,39). The molecule has 0 bridgehead atoms. The Balaban J connectivity index is 1.49. The molecule has 2 aromatic carbocycles. The zero-order valence-electron chi connectivity index (χ0n) is 22.2. The lowest BCUT2D eigenvalue weighted by atomic mass is 10.0. The van der Waals surface area contributed by atoms with Crippen molar-refractivity contribution >= 4 is 28.6 Å². The summed E-state index contributed by atoms with van der Waals surface area (Å²) in [6.07, 6.45) is 1.87. The SMILES string of the molecule is O=c1c(-c2ccc(-c3cccnc3)cc2Cl)cc2cnc(NC3CCOCC3)nc2n1Cc1ccccc1C(F)(F)F. The molecule has 1 saturated heterocycles. The quantitative estimate of drug-likeness (QED) is 0.233. The van der Waals surface area contributed by atoms with Gasteiger partial charge in [0.15, 0.2) is 0 Å². The summed E-state index contributed by atoms with van der Waals surface area (Å²) >= 11 is 6.70. The third-order valence-corrected chi connectivity index (χ3v) is 7.60. The van der Waals surface area contributed by atoms with E-state index < -0.39 is 17.3 Å². The van der Waals surface area contributed by atoms with E-state index >= 15 is 0 Å². The summed E-state index contributed by atoms with van der Waals surface area (Å²) in [6, 6.07) is 15.9. The fourth-order valence-corrected chi connectivity index (χ4v) is 5.43. The number of rotatable bonds is 6. The maximum absolute atomic E-state index is 14.1. The molecular weight excluding hydrogens is 567 g/mol. The van der Waals surface area contributed by atoms with Crippen LogP contribution in [0.5, 0.6) is 0 Å². The van der Waals surface area contributed by atoms with Crippen LogP contribution in [-0.2, 0) is 17.5 Å².